The summed E-state index contributed by atoms with van der Waals surface area (Å²) in [6.45, 7) is 1.29. The van der Waals surface area contributed by atoms with E-state index in [2.05, 4.69) is 5.32 Å². The number of hydrogen-bond acceptors (Lipinski definition) is 5. The molecule has 246 valence electrons. The summed E-state index contributed by atoms with van der Waals surface area (Å²) in [6.07, 6.45) is 3.96. The predicted molar refractivity (Wildman–Crippen MR) is 180 cm³/mol. The van der Waals surface area contributed by atoms with Crippen LogP contribution in [0.4, 0.5) is 10.1 Å². The Morgan fingerprint density at radius 2 is 1.51 bits per heavy atom. The molecule has 2 amide bonds. The zero-order valence-corrected chi connectivity index (χ0v) is 27.5. The number of carbonyl (C=O) groups excluding carboxylic acids is 2. The van der Waals surface area contributed by atoms with Crippen LogP contribution in [0, 0.1) is 12.7 Å². The Balaban J connectivity index is 1.55. The minimum absolute atomic E-state index is 0.00283. The molecule has 8 nitrogen and oxygen atoms in total. The Hall–Kier alpha value is -4.70. The fourth-order valence-electron chi connectivity index (χ4n) is 5.82. The van der Waals surface area contributed by atoms with Crippen molar-refractivity contribution in [2.45, 2.75) is 62.6 Å². The first-order chi connectivity index (χ1) is 22.6. The SMILES string of the molecule is COc1ccc(S(=O)(=O)N(CC(=O)N(Cc2ccc(F)cc2)C(Cc2ccccc2)C(=O)NC2CCCC2)c2ccc(C)cc2)cc1. The maximum absolute atomic E-state index is 14.6. The first kappa shape index (κ1) is 33.7. The van der Waals surface area contributed by atoms with Gasteiger partial charge in [0.1, 0.15) is 24.2 Å². The van der Waals surface area contributed by atoms with Crippen LogP contribution in [-0.4, -0.2) is 50.9 Å². The Labute approximate surface area is 276 Å². The number of aryl methyl sites for hydroxylation is 1. The highest BCUT2D eigenvalue weighted by atomic mass is 32.2. The van der Waals surface area contributed by atoms with Crippen LogP contribution in [0.25, 0.3) is 0 Å². The van der Waals surface area contributed by atoms with Crippen molar-refractivity contribution in [2.24, 2.45) is 0 Å². The second-order valence-corrected chi connectivity index (χ2v) is 13.7. The van der Waals surface area contributed by atoms with Crippen LogP contribution >= 0.6 is 0 Å². The number of anilines is 1. The molecule has 1 saturated carbocycles. The van der Waals surface area contributed by atoms with Crippen molar-refractivity contribution in [3.05, 3.63) is 126 Å². The van der Waals surface area contributed by atoms with Gasteiger partial charge in [0.15, 0.2) is 0 Å². The summed E-state index contributed by atoms with van der Waals surface area (Å²) in [5, 5.41) is 3.15. The molecule has 1 fully saturated rings. The summed E-state index contributed by atoms with van der Waals surface area (Å²) in [4.78, 5) is 30.0. The van der Waals surface area contributed by atoms with E-state index in [4.69, 9.17) is 4.74 Å². The summed E-state index contributed by atoms with van der Waals surface area (Å²) in [7, 11) is -2.75. The van der Waals surface area contributed by atoms with Crippen molar-refractivity contribution in [3.8, 4) is 5.75 Å². The second-order valence-electron chi connectivity index (χ2n) is 11.9. The maximum Gasteiger partial charge on any atom is 0.264 e. The fraction of sp³-hybridized carbons (Fsp3) is 0.297. The van der Waals surface area contributed by atoms with E-state index in [0.717, 1.165) is 41.1 Å². The lowest BCUT2D eigenvalue weighted by Crippen LogP contribution is -2.54. The fourth-order valence-corrected chi connectivity index (χ4v) is 7.24. The van der Waals surface area contributed by atoms with Crippen LogP contribution in [0.3, 0.4) is 0 Å². The lowest BCUT2D eigenvalue weighted by Gasteiger charge is -2.34. The predicted octanol–water partition coefficient (Wildman–Crippen LogP) is 6.04. The number of nitrogens with zero attached hydrogens (tertiary/aromatic N) is 2. The first-order valence-corrected chi connectivity index (χ1v) is 17.2. The summed E-state index contributed by atoms with van der Waals surface area (Å²) in [5.41, 5.74) is 2.67. The van der Waals surface area contributed by atoms with Gasteiger partial charge in [-0.3, -0.25) is 13.9 Å². The van der Waals surface area contributed by atoms with Crippen LogP contribution in [0.15, 0.2) is 108 Å². The highest BCUT2D eigenvalue weighted by Gasteiger charge is 2.35. The zero-order valence-electron chi connectivity index (χ0n) is 26.6. The molecule has 47 heavy (non-hydrogen) atoms. The standard InChI is InChI=1S/C37H40FN3O5S/c1-27-12-18-32(19-13-27)41(47(44,45)34-22-20-33(46-2)21-23-34)26-36(42)40(25-29-14-16-30(38)17-15-29)35(24-28-8-4-3-5-9-28)37(43)39-31-10-6-7-11-31/h3-5,8-9,12-23,31,35H,6-7,10-11,24-26H2,1-2H3,(H,39,43). The lowest BCUT2D eigenvalue weighted by molar-refractivity contribution is -0.140. The number of nitrogens with one attached hydrogen (secondary N) is 1. The minimum atomic E-state index is -4.24. The van der Waals surface area contributed by atoms with Crippen molar-refractivity contribution >= 4 is 27.5 Å². The molecule has 0 saturated heterocycles. The van der Waals surface area contributed by atoms with E-state index in [0.29, 0.717) is 17.0 Å². The van der Waals surface area contributed by atoms with Gasteiger partial charge >= 0.3 is 0 Å². The number of sulfonamides is 1. The highest BCUT2D eigenvalue weighted by molar-refractivity contribution is 7.92. The third-order valence-electron chi connectivity index (χ3n) is 8.49. The molecule has 0 aliphatic heterocycles. The molecule has 5 rings (SSSR count). The number of ether oxygens (including phenoxy) is 1. The van der Waals surface area contributed by atoms with Crippen molar-refractivity contribution in [2.75, 3.05) is 18.0 Å². The first-order valence-electron chi connectivity index (χ1n) is 15.8. The Morgan fingerprint density at radius 3 is 2.13 bits per heavy atom. The molecule has 0 heterocycles. The summed E-state index contributed by atoms with van der Waals surface area (Å²) < 4.78 is 48.6. The van der Waals surface area contributed by atoms with Gasteiger partial charge in [0.2, 0.25) is 11.8 Å². The lowest BCUT2D eigenvalue weighted by atomic mass is 10.0. The molecule has 1 aliphatic carbocycles. The number of amides is 2. The Morgan fingerprint density at radius 1 is 0.872 bits per heavy atom. The summed E-state index contributed by atoms with van der Waals surface area (Å²) >= 11 is 0. The van der Waals surface area contributed by atoms with Gasteiger partial charge in [-0.1, -0.05) is 73.0 Å². The Bertz CT molecular complexity index is 1740. The molecule has 4 aromatic carbocycles. The topological polar surface area (TPSA) is 96.0 Å². The average Bonchev–Trinajstić information content (AvgIpc) is 3.60. The van der Waals surface area contributed by atoms with Crippen molar-refractivity contribution in [1.29, 1.82) is 0 Å². The van der Waals surface area contributed by atoms with Gasteiger partial charge in [-0.05, 0) is 79.4 Å². The van der Waals surface area contributed by atoms with Crippen molar-refractivity contribution in [1.82, 2.24) is 10.2 Å². The largest absolute Gasteiger partial charge is 0.497 e. The normalized spacial score (nSPS) is 13.9. The van der Waals surface area contributed by atoms with Crippen molar-refractivity contribution in [3.63, 3.8) is 0 Å². The molecule has 1 atom stereocenters. The van der Waals surface area contributed by atoms with E-state index < -0.39 is 34.3 Å². The maximum atomic E-state index is 14.6. The number of hydrogen-bond donors (Lipinski definition) is 1. The molecule has 4 aromatic rings. The van der Waals surface area contributed by atoms with E-state index in [1.165, 1.54) is 36.3 Å². The van der Waals surface area contributed by atoms with Crippen LogP contribution in [0.1, 0.15) is 42.4 Å². The van der Waals surface area contributed by atoms with Crippen LogP contribution in [0.5, 0.6) is 5.75 Å². The third-order valence-corrected chi connectivity index (χ3v) is 10.3. The van der Waals surface area contributed by atoms with Gasteiger partial charge in [0.05, 0.1) is 17.7 Å². The molecule has 0 spiro atoms. The van der Waals surface area contributed by atoms with E-state index in [1.807, 2.05) is 37.3 Å². The summed E-state index contributed by atoms with van der Waals surface area (Å²) in [6, 6.07) is 27.0. The van der Waals surface area contributed by atoms with Gasteiger partial charge in [-0.25, -0.2) is 12.8 Å². The highest BCUT2D eigenvalue weighted by Crippen LogP contribution is 2.27. The number of rotatable bonds is 13. The molecule has 0 radical (unpaired) electrons. The molecule has 1 N–H and O–H groups in total. The molecule has 0 bridgehead atoms. The smallest absolute Gasteiger partial charge is 0.264 e. The average molecular weight is 658 g/mol. The molecule has 1 unspecified atom stereocenters. The molecular formula is C37H40FN3O5S. The Kier molecular flexibility index (Phi) is 10.9. The van der Waals surface area contributed by atoms with E-state index in [1.54, 1.807) is 48.5 Å². The molecular weight excluding hydrogens is 617 g/mol. The molecule has 10 heteroatoms. The number of methoxy groups -OCH3 is 1. The van der Waals surface area contributed by atoms with Crippen molar-refractivity contribution < 1.29 is 27.1 Å². The van der Waals surface area contributed by atoms with Gasteiger partial charge in [-0.15, -0.1) is 0 Å². The van der Waals surface area contributed by atoms with Gasteiger partial charge in [0, 0.05) is 19.0 Å². The zero-order chi connectivity index (χ0) is 33.4. The minimum Gasteiger partial charge on any atom is -0.497 e. The summed E-state index contributed by atoms with van der Waals surface area (Å²) in [5.74, 6) is -0.822. The third kappa shape index (κ3) is 8.56. The van der Waals surface area contributed by atoms with E-state index in [-0.39, 0.29) is 29.8 Å². The monoisotopic (exact) mass is 657 g/mol. The van der Waals surface area contributed by atoms with Gasteiger partial charge in [0.25, 0.3) is 10.0 Å². The van der Waals surface area contributed by atoms with Gasteiger partial charge < -0.3 is 15.0 Å². The number of benzene rings is 4. The number of carbonyl (C=O) groups is 2. The van der Waals surface area contributed by atoms with Crippen LogP contribution in [-0.2, 0) is 32.6 Å². The van der Waals surface area contributed by atoms with E-state index in [9.17, 15) is 22.4 Å². The van der Waals surface area contributed by atoms with Crippen LogP contribution in [0.2, 0.25) is 0 Å². The van der Waals surface area contributed by atoms with Crippen LogP contribution < -0.4 is 14.4 Å². The number of halogens is 1. The van der Waals surface area contributed by atoms with E-state index >= 15 is 0 Å². The molecule has 0 aromatic heterocycles. The van der Waals surface area contributed by atoms with Gasteiger partial charge in [-0.2, -0.15) is 0 Å². The molecule has 1 aliphatic rings. The second kappa shape index (κ2) is 15.3. The quantitative estimate of drug-likeness (QED) is 0.189.